The van der Waals surface area contributed by atoms with Crippen molar-refractivity contribution >= 4 is 10.5 Å². The maximum atomic E-state index is 5.33. The molecular weight excluding hydrogens is 200 g/mol. The van der Waals surface area contributed by atoms with Crippen molar-refractivity contribution in [1.82, 2.24) is 0 Å². The Kier molecular flexibility index (Phi) is 5.06. The third-order valence-corrected chi connectivity index (χ3v) is 3.19. The molecule has 0 bridgehead atoms. The molecule has 15 heavy (non-hydrogen) atoms. The Labute approximate surface area is 96.4 Å². The van der Waals surface area contributed by atoms with Gasteiger partial charge in [0.25, 0.3) is 0 Å². The third-order valence-electron chi connectivity index (χ3n) is 2.90. The summed E-state index contributed by atoms with van der Waals surface area (Å²) in [6, 6.07) is 6.51. The van der Waals surface area contributed by atoms with Crippen LogP contribution in [-0.2, 0) is 17.3 Å². The minimum Gasteiger partial charge on any atom is -0.412 e. The summed E-state index contributed by atoms with van der Waals surface area (Å²) >= 11 is 0. The number of benzene rings is 1. The first kappa shape index (κ1) is 12.5. The van der Waals surface area contributed by atoms with Gasteiger partial charge in [0, 0.05) is 0 Å². The van der Waals surface area contributed by atoms with E-state index in [0.29, 0.717) is 0 Å². The van der Waals surface area contributed by atoms with Crippen LogP contribution in [0.15, 0.2) is 18.2 Å². The fourth-order valence-electron chi connectivity index (χ4n) is 2.09. The van der Waals surface area contributed by atoms with Crippen molar-refractivity contribution in [3.63, 3.8) is 0 Å². The Bertz CT molecular complexity index is 305. The van der Waals surface area contributed by atoms with Gasteiger partial charge in [-0.25, -0.2) is 0 Å². The van der Waals surface area contributed by atoms with E-state index < -0.39 is 0 Å². The summed E-state index contributed by atoms with van der Waals surface area (Å²) in [4.78, 5) is 0. The van der Waals surface area contributed by atoms with Gasteiger partial charge in [-0.1, -0.05) is 39.0 Å². The van der Waals surface area contributed by atoms with Crippen molar-refractivity contribution in [3.05, 3.63) is 34.9 Å². The molecule has 0 amide bonds. The summed E-state index contributed by atoms with van der Waals surface area (Å²) in [6.45, 7) is 6.55. The van der Waals surface area contributed by atoms with Gasteiger partial charge in [0.1, 0.15) is 0 Å². The number of rotatable bonds is 5. The Morgan fingerprint density at radius 1 is 1.20 bits per heavy atom. The Hall–Kier alpha value is -0.603. The lowest BCUT2D eigenvalue weighted by molar-refractivity contribution is 0.221. The number of hydrogen-bond acceptors (Lipinski definition) is 1. The monoisotopic (exact) mass is 219 g/mol. The molecule has 0 spiro atoms. The summed E-state index contributed by atoms with van der Waals surface area (Å²) < 4.78 is 5.33. The molecule has 0 heterocycles. The Morgan fingerprint density at radius 3 is 2.40 bits per heavy atom. The van der Waals surface area contributed by atoms with Crippen LogP contribution in [0.25, 0.3) is 0 Å². The van der Waals surface area contributed by atoms with Gasteiger partial charge in [-0.05, 0) is 36.0 Å². The molecule has 2 heteroatoms. The highest BCUT2D eigenvalue weighted by Gasteiger charge is 2.13. The van der Waals surface area contributed by atoms with Crippen LogP contribution in [0.3, 0.4) is 0 Å². The lowest BCUT2D eigenvalue weighted by atomic mass is 9.93. The van der Waals surface area contributed by atoms with E-state index >= 15 is 0 Å². The quantitative estimate of drug-likeness (QED) is 0.690. The summed E-state index contributed by atoms with van der Waals surface area (Å²) in [5.74, 6) is 0. The van der Waals surface area contributed by atoms with E-state index in [4.69, 9.17) is 4.43 Å². The van der Waals surface area contributed by atoms with Crippen LogP contribution in [0.5, 0.6) is 0 Å². The van der Waals surface area contributed by atoms with Crippen LogP contribution in [0, 0.1) is 0 Å². The zero-order chi connectivity index (χ0) is 11.3. The van der Waals surface area contributed by atoms with E-state index in [0.717, 1.165) is 19.3 Å². The van der Waals surface area contributed by atoms with E-state index in [1.165, 1.54) is 16.7 Å². The molecule has 1 aromatic carbocycles. The Morgan fingerprint density at radius 2 is 1.93 bits per heavy atom. The highest BCUT2D eigenvalue weighted by Crippen LogP contribution is 2.26. The number of hydrogen-bond donors (Lipinski definition) is 0. The zero-order valence-corrected chi connectivity index (χ0v) is 10.8. The molecule has 81 valence electrons. The molecule has 0 fully saturated rings. The molecule has 1 atom stereocenters. The van der Waals surface area contributed by atoms with Crippen molar-refractivity contribution < 1.29 is 4.43 Å². The first-order valence-corrected chi connectivity index (χ1v) is 6.12. The van der Waals surface area contributed by atoms with Gasteiger partial charge in [-0.15, -0.1) is 0 Å². The van der Waals surface area contributed by atoms with Crippen molar-refractivity contribution in [1.29, 1.82) is 0 Å². The average molecular weight is 219 g/mol. The van der Waals surface area contributed by atoms with Crippen LogP contribution >= 0.6 is 0 Å². The molecule has 0 saturated heterocycles. The van der Waals surface area contributed by atoms with Crippen LogP contribution in [0.1, 0.15) is 50.0 Å². The van der Waals surface area contributed by atoms with Gasteiger partial charge >= 0.3 is 0 Å². The highest BCUT2D eigenvalue weighted by atomic mass is 28.2. The first-order valence-electron chi connectivity index (χ1n) is 5.71. The fraction of sp³-hybridized carbons (Fsp3) is 0.538. The lowest BCUT2D eigenvalue weighted by Crippen LogP contribution is -2.06. The molecule has 0 aromatic heterocycles. The molecule has 3 radical (unpaired) electrons. The standard InChI is InChI=1S/C13H19OSi/c1-4-10-8-7-9-12(11(10)5-2)13(6-3)14-15/h7-9,13H,4-6H2,1-3H3. The summed E-state index contributed by atoms with van der Waals surface area (Å²) in [6.07, 6.45) is 3.33. The SMILES string of the molecule is CCc1cccc(C(CC)O[Si])c1CC. The van der Waals surface area contributed by atoms with E-state index in [2.05, 4.69) is 49.5 Å². The smallest absolute Gasteiger partial charge is 0.247 e. The van der Waals surface area contributed by atoms with Gasteiger partial charge in [0.2, 0.25) is 10.5 Å². The molecule has 1 nitrogen and oxygen atoms in total. The second kappa shape index (κ2) is 6.08. The van der Waals surface area contributed by atoms with E-state index in [-0.39, 0.29) is 6.10 Å². The topological polar surface area (TPSA) is 9.23 Å². The van der Waals surface area contributed by atoms with Crippen molar-refractivity contribution in [3.8, 4) is 0 Å². The largest absolute Gasteiger partial charge is 0.412 e. The van der Waals surface area contributed by atoms with Crippen molar-refractivity contribution in [2.45, 2.75) is 46.1 Å². The predicted octanol–water partition coefficient (Wildman–Crippen LogP) is 3.36. The van der Waals surface area contributed by atoms with E-state index in [1.54, 1.807) is 0 Å². The van der Waals surface area contributed by atoms with Gasteiger partial charge in [-0.3, -0.25) is 0 Å². The van der Waals surface area contributed by atoms with Crippen LogP contribution in [0.4, 0.5) is 0 Å². The maximum Gasteiger partial charge on any atom is 0.247 e. The molecule has 1 unspecified atom stereocenters. The van der Waals surface area contributed by atoms with Gasteiger partial charge in [0.05, 0.1) is 6.10 Å². The second-order valence-electron chi connectivity index (χ2n) is 3.71. The third kappa shape index (κ3) is 2.70. The summed E-state index contributed by atoms with van der Waals surface area (Å²) in [7, 11) is 3.17. The molecule has 0 aliphatic rings. The molecule has 0 aliphatic carbocycles. The van der Waals surface area contributed by atoms with Crippen LogP contribution in [-0.4, -0.2) is 10.5 Å². The molecule has 0 aliphatic heterocycles. The van der Waals surface area contributed by atoms with Crippen molar-refractivity contribution in [2.75, 3.05) is 0 Å². The first-order chi connectivity index (χ1) is 7.28. The average Bonchev–Trinajstić information content (AvgIpc) is 2.30. The van der Waals surface area contributed by atoms with Crippen molar-refractivity contribution in [2.24, 2.45) is 0 Å². The van der Waals surface area contributed by atoms with Gasteiger partial charge in [0.15, 0.2) is 0 Å². The fourth-order valence-corrected chi connectivity index (χ4v) is 2.38. The minimum atomic E-state index is 0.170. The highest BCUT2D eigenvalue weighted by molar-refractivity contribution is 5.98. The van der Waals surface area contributed by atoms with Crippen LogP contribution < -0.4 is 0 Å². The zero-order valence-electron chi connectivity index (χ0n) is 9.84. The molecule has 0 N–H and O–H groups in total. The van der Waals surface area contributed by atoms with Gasteiger partial charge < -0.3 is 4.43 Å². The second-order valence-corrected chi connectivity index (χ2v) is 3.94. The van der Waals surface area contributed by atoms with E-state index in [9.17, 15) is 0 Å². The predicted molar refractivity (Wildman–Crippen MR) is 65.1 cm³/mol. The molecule has 0 saturated carbocycles. The molecule has 1 rings (SSSR count). The Balaban J connectivity index is 3.15. The number of aryl methyl sites for hydroxylation is 1. The minimum absolute atomic E-state index is 0.170. The summed E-state index contributed by atoms with van der Waals surface area (Å²) in [5.41, 5.74) is 4.22. The van der Waals surface area contributed by atoms with Crippen LogP contribution in [0.2, 0.25) is 0 Å². The van der Waals surface area contributed by atoms with Gasteiger partial charge in [-0.2, -0.15) is 0 Å². The summed E-state index contributed by atoms with van der Waals surface area (Å²) in [5, 5.41) is 0. The normalized spacial score (nSPS) is 12.8. The molecule has 1 aromatic rings. The molecular formula is C13H19OSi. The van der Waals surface area contributed by atoms with E-state index in [1.807, 2.05) is 0 Å². The lowest BCUT2D eigenvalue weighted by Gasteiger charge is -2.19. The maximum absolute atomic E-state index is 5.33.